The van der Waals surface area contributed by atoms with E-state index in [4.69, 9.17) is 5.73 Å². The molecule has 0 saturated heterocycles. The Morgan fingerprint density at radius 1 is 1.22 bits per heavy atom. The highest BCUT2D eigenvalue weighted by Crippen LogP contribution is 2.39. The van der Waals surface area contributed by atoms with Crippen LogP contribution in [-0.4, -0.2) is 11.3 Å². The number of halogens is 7. The lowest BCUT2D eigenvalue weighted by molar-refractivity contribution is -0.275. The van der Waals surface area contributed by atoms with Crippen molar-refractivity contribution < 1.29 is 31.1 Å². The van der Waals surface area contributed by atoms with Gasteiger partial charge in [0.1, 0.15) is 3.70 Å². The van der Waals surface area contributed by atoms with Crippen molar-refractivity contribution in [3.8, 4) is 5.75 Å². The molecule has 1 aromatic heterocycles. The van der Waals surface area contributed by atoms with Gasteiger partial charge in [0.25, 0.3) is 0 Å². The number of ether oxygens (including phenoxy) is 1. The van der Waals surface area contributed by atoms with Crippen LogP contribution in [0, 0.1) is 3.70 Å². The molecular formula is C8H5F6IN2O. The molecule has 0 fully saturated rings. The van der Waals surface area contributed by atoms with Crippen LogP contribution < -0.4 is 10.5 Å². The standard InChI is InChI=1S/C8H5F6IN2O/c9-7(10,11)5-3(1-16)4(2-17-6(5)15)18-8(12,13)14/h2H,1,16H2. The Morgan fingerprint density at radius 2 is 1.78 bits per heavy atom. The van der Waals surface area contributed by atoms with Gasteiger partial charge in [-0.3, -0.25) is 0 Å². The van der Waals surface area contributed by atoms with Crippen molar-refractivity contribution in [1.29, 1.82) is 0 Å². The second kappa shape index (κ2) is 5.07. The average Bonchev–Trinajstić information content (AvgIpc) is 2.16. The molecular weight excluding hydrogens is 381 g/mol. The SMILES string of the molecule is NCc1c(OC(F)(F)F)cnc(I)c1C(F)(F)F. The Morgan fingerprint density at radius 3 is 2.17 bits per heavy atom. The van der Waals surface area contributed by atoms with Crippen LogP contribution in [0.2, 0.25) is 0 Å². The zero-order chi connectivity index (χ0) is 14.1. The van der Waals surface area contributed by atoms with Crippen molar-refractivity contribution in [3.63, 3.8) is 0 Å². The molecule has 2 N–H and O–H groups in total. The number of nitrogens with zero attached hydrogens (tertiary/aromatic N) is 1. The van der Waals surface area contributed by atoms with Gasteiger partial charge in [-0.25, -0.2) is 4.98 Å². The van der Waals surface area contributed by atoms with Gasteiger partial charge in [-0.1, -0.05) is 0 Å². The molecule has 0 radical (unpaired) electrons. The van der Waals surface area contributed by atoms with Crippen LogP contribution in [-0.2, 0) is 12.7 Å². The molecule has 1 aromatic rings. The van der Waals surface area contributed by atoms with Gasteiger partial charge in [-0.2, -0.15) is 13.2 Å². The lowest BCUT2D eigenvalue weighted by atomic mass is 10.1. The highest BCUT2D eigenvalue weighted by atomic mass is 127. The summed E-state index contributed by atoms with van der Waals surface area (Å²) in [6.45, 7) is -0.751. The molecule has 0 spiro atoms. The average molecular weight is 386 g/mol. The van der Waals surface area contributed by atoms with Gasteiger partial charge in [0.2, 0.25) is 0 Å². The van der Waals surface area contributed by atoms with Crippen molar-refractivity contribution in [3.05, 3.63) is 21.0 Å². The highest BCUT2D eigenvalue weighted by molar-refractivity contribution is 14.1. The number of hydrogen-bond acceptors (Lipinski definition) is 3. The van der Waals surface area contributed by atoms with E-state index in [2.05, 4.69) is 9.72 Å². The largest absolute Gasteiger partial charge is 0.573 e. The van der Waals surface area contributed by atoms with Gasteiger partial charge < -0.3 is 10.5 Å². The highest BCUT2D eigenvalue weighted by Gasteiger charge is 2.40. The molecule has 0 aromatic carbocycles. The molecule has 102 valence electrons. The summed E-state index contributed by atoms with van der Waals surface area (Å²) in [4.78, 5) is 3.22. The number of rotatable bonds is 2. The fraction of sp³-hybridized carbons (Fsp3) is 0.375. The van der Waals surface area contributed by atoms with E-state index in [0.717, 1.165) is 0 Å². The minimum atomic E-state index is -5.11. The summed E-state index contributed by atoms with van der Waals surface area (Å²) in [6, 6.07) is 0. The van der Waals surface area contributed by atoms with E-state index < -0.39 is 39.7 Å². The van der Waals surface area contributed by atoms with E-state index >= 15 is 0 Å². The Kier molecular flexibility index (Phi) is 4.30. The summed E-state index contributed by atoms with van der Waals surface area (Å²) in [5.41, 5.74) is 2.97. The van der Waals surface area contributed by atoms with Crippen molar-refractivity contribution in [2.24, 2.45) is 5.73 Å². The maximum absolute atomic E-state index is 12.7. The normalized spacial score (nSPS) is 12.7. The molecule has 0 atom stereocenters. The van der Waals surface area contributed by atoms with Crippen molar-refractivity contribution >= 4 is 22.6 Å². The third-order valence-electron chi connectivity index (χ3n) is 1.81. The summed E-state index contributed by atoms with van der Waals surface area (Å²) < 4.78 is 77.0. The zero-order valence-corrected chi connectivity index (χ0v) is 10.5. The van der Waals surface area contributed by atoms with Gasteiger partial charge in [-0.15, -0.1) is 13.2 Å². The monoisotopic (exact) mass is 386 g/mol. The van der Waals surface area contributed by atoms with E-state index in [1.807, 2.05) is 0 Å². The predicted octanol–water partition coefficient (Wildman–Crippen LogP) is 3.06. The minimum Gasteiger partial charge on any atom is -0.404 e. The lowest BCUT2D eigenvalue weighted by Gasteiger charge is -2.17. The third-order valence-corrected chi connectivity index (χ3v) is 2.63. The van der Waals surface area contributed by atoms with Crippen LogP contribution in [0.25, 0.3) is 0 Å². The molecule has 0 saturated carbocycles. The van der Waals surface area contributed by atoms with Gasteiger partial charge >= 0.3 is 12.5 Å². The van der Waals surface area contributed by atoms with E-state index in [1.54, 1.807) is 0 Å². The molecule has 1 rings (SSSR count). The van der Waals surface area contributed by atoms with Crippen LogP contribution in [0.3, 0.4) is 0 Å². The topological polar surface area (TPSA) is 48.1 Å². The molecule has 0 bridgehead atoms. The zero-order valence-electron chi connectivity index (χ0n) is 8.36. The first kappa shape index (κ1) is 15.3. The summed E-state index contributed by atoms with van der Waals surface area (Å²) in [5.74, 6) is -1.04. The molecule has 10 heteroatoms. The summed E-state index contributed by atoms with van der Waals surface area (Å²) in [6.07, 6.45) is -9.41. The first-order chi connectivity index (χ1) is 8.06. The molecule has 0 aliphatic heterocycles. The number of aromatic nitrogens is 1. The fourth-order valence-electron chi connectivity index (χ4n) is 1.21. The molecule has 0 aliphatic rings. The predicted molar refractivity (Wildman–Crippen MR) is 56.5 cm³/mol. The molecule has 18 heavy (non-hydrogen) atoms. The van der Waals surface area contributed by atoms with Crippen molar-refractivity contribution in [1.82, 2.24) is 4.98 Å². The maximum atomic E-state index is 12.7. The Hall–Kier alpha value is -0.780. The second-order valence-electron chi connectivity index (χ2n) is 3.02. The van der Waals surface area contributed by atoms with Gasteiger partial charge in [0, 0.05) is 12.1 Å². The Balaban J connectivity index is 3.39. The quantitative estimate of drug-likeness (QED) is 0.483. The number of alkyl halides is 6. The van der Waals surface area contributed by atoms with Crippen LogP contribution >= 0.6 is 22.6 Å². The molecule has 0 amide bonds. The Bertz CT molecular complexity index is 444. The minimum absolute atomic E-state index is 0.491. The van der Waals surface area contributed by atoms with Crippen LogP contribution in [0.15, 0.2) is 6.20 Å². The molecule has 3 nitrogen and oxygen atoms in total. The number of pyridine rings is 1. The van der Waals surface area contributed by atoms with Crippen molar-refractivity contribution in [2.45, 2.75) is 19.1 Å². The smallest absolute Gasteiger partial charge is 0.404 e. The van der Waals surface area contributed by atoms with Gasteiger partial charge in [-0.05, 0) is 22.6 Å². The summed E-state index contributed by atoms with van der Waals surface area (Å²) in [7, 11) is 0. The first-order valence-corrected chi connectivity index (χ1v) is 5.34. The van der Waals surface area contributed by atoms with E-state index in [-0.39, 0.29) is 0 Å². The Labute approximate surface area is 110 Å². The number of nitrogens with two attached hydrogens (primary N) is 1. The van der Waals surface area contributed by atoms with E-state index in [0.29, 0.717) is 6.20 Å². The lowest BCUT2D eigenvalue weighted by Crippen LogP contribution is -2.22. The van der Waals surface area contributed by atoms with Gasteiger partial charge in [0.05, 0.1) is 11.8 Å². The summed E-state index contributed by atoms with van der Waals surface area (Å²) in [5, 5.41) is 0. The first-order valence-electron chi connectivity index (χ1n) is 4.26. The van der Waals surface area contributed by atoms with Gasteiger partial charge in [0.15, 0.2) is 5.75 Å². The van der Waals surface area contributed by atoms with Crippen LogP contribution in [0.1, 0.15) is 11.1 Å². The van der Waals surface area contributed by atoms with Crippen LogP contribution in [0.5, 0.6) is 5.75 Å². The molecule has 0 unspecified atom stereocenters. The number of hydrogen-bond donors (Lipinski definition) is 1. The van der Waals surface area contributed by atoms with Crippen LogP contribution in [0.4, 0.5) is 26.3 Å². The molecule has 1 heterocycles. The van der Waals surface area contributed by atoms with E-state index in [9.17, 15) is 26.3 Å². The molecule has 0 aliphatic carbocycles. The second-order valence-corrected chi connectivity index (χ2v) is 4.04. The third kappa shape index (κ3) is 3.60. The van der Waals surface area contributed by atoms with Crippen molar-refractivity contribution in [2.75, 3.05) is 0 Å². The summed E-state index contributed by atoms with van der Waals surface area (Å²) >= 11 is 1.27. The van der Waals surface area contributed by atoms with E-state index in [1.165, 1.54) is 22.6 Å². The maximum Gasteiger partial charge on any atom is 0.573 e. The fourth-order valence-corrected chi connectivity index (χ4v) is 1.98.